The van der Waals surface area contributed by atoms with Crippen LogP contribution < -0.4 is 16.4 Å². The van der Waals surface area contributed by atoms with Gasteiger partial charge in [0.15, 0.2) is 0 Å². The third-order valence-corrected chi connectivity index (χ3v) is 3.05. The molecule has 1 fully saturated rings. The molecule has 5 N–H and O–H groups in total. The maximum Gasteiger partial charge on any atom is 0.250 e. The van der Waals surface area contributed by atoms with Gasteiger partial charge in [0.1, 0.15) is 5.82 Å². The van der Waals surface area contributed by atoms with Gasteiger partial charge in [-0.15, -0.1) is 0 Å². The molecular weight excluding hydrogens is 220 g/mol. The van der Waals surface area contributed by atoms with Gasteiger partial charge in [-0.05, 0) is 12.5 Å². The Labute approximate surface area is 99.2 Å². The minimum absolute atomic E-state index is 0.175. The molecule has 6 heteroatoms. The summed E-state index contributed by atoms with van der Waals surface area (Å²) >= 11 is 0. The number of aliphatic hydroxyl groups excluding tert-OH is 1. The van der Waals surface area contributed by atoms with E-state index in [0.29, 0.717) is 17.1 Å². The number of aromatic nitrogens is 1. The first-order chi connectivity index (χ1) is 8.11. The third-order valence-electron chi connectivity index (χ3n) is 3.05. The summed E-state index contributed by atoms with van der Waals surface area (Å²) in [6.07, 6.45) is 2.37. The Morgan fingerprint density at radius 2 is 2.41 bits per heavy atom. The molecule has 1 aromatic heterocycles. The fourth-order valence-electron chi connectivity index (χ4n) is 2.03. The summed E-state index contributed by atoms with van der Waals surface area (Å²) in [4.78, 5) is 17.4. The highest BCUT2D eigenvalue weighted by molar-refractivity contribution is 5.98. The average Bonchev–Trinajstić information content (AvgIpc) is 2.78. The highest BCUT2D eigenvalue weighted by Crippen LogP contribution is 2.24. The predicted molar refractivity (Wildman–Crippen MR) is 64.6 cm³/mol. The lowest BCUT2D eigenvalue weighted by molar-refractivity contribution is 0.100. The second-order valence-corrected chi connectivity index (χ2v) is 4.28. The van der Waals surface area contributed by atoms with Crippen LogP contribution in [0.1, 0.15) is 16.8 Å². The maximum atomic E-state index is 11.2. The Morgan fingerprint density at radius 3 is 3.00 bits per heavy atom. The molecule has 1 unspecified atom stereocenters. The highest BCUT2D eigenvalue weighted by atomic mass is 16.3. The van der Waals surface area contributed by atoms with Crippen LogP contribution in [0.5, 0.6) is 0 Å². The molecule has 1 amide bonds. The number of hydrogen-bond acceptors (Lipinski definition) is 5. The van der Waals surface area contributed by atoms with Crippen molar-refractivity contribution in [3.05, 3.63) is 17.8 Å². The van der Waals surface area contributed by atoms with Gasteiger partial charge >= 0.3 is 0 Å². The number of pyridine rings is 1. The number of amides is 1. The normalized spacial score (nSPS) is 19.6. The fourth-order valence-corrected chi connectivity index (χ4v) is 2.03. The molecular formula is C11H16N4O2. The molecule has 0 spiro atoms. The smallest absolute Gasteiger partial charge is 0.250 e. The van der Waals surface area contributed by atoms with E-state index in [1.54, 1.807) is 6.07 Å². The van der Waals surface area contributed by atoms with Crippen molar-refractivity contribution in [2.75, 3.05) is 30.3 Å². The van der Waals surface area contributed by atoms with E-state index in [9.17, 15) is 4.79 Å². The van der Waals surface area contributed by atoms with Crippen LogP contribution >= 0.6 is 0 Å². The van der Waals surface area contributed by atoms with Crippen molar-refractivity contribution in [1.29, 1.82) is 0 Å². The van der Waals surface area contributed by atoms with Crippen molar-refractivity contribution < 1.29 is 9.90 Å². The molecule has 2 heterocycles. The van der Waals surface area contributed by atoms with E-state index in [1.165, 1.54) is 6.20 Å². The summed E-state index contributed by atoms with van der Waals surface area (Å²) in [5, 5.41) is 9.08. The zero-order chi connectivity index (χ0) is 12.4. The minimum Gasteiger partial charge on any atom is -0.397 e. The van der Waals surface area contributed by atoms with Gasteiger partial charge in [0.05, 0.1) is 17.4 Å². The third kappa shape index (κ3) is 2.31. The van der Waals surface area contributed by atoms with Crippen molar-refractivity contribution in [2.24, 2.45) is 11.7 Å². The van der Waals surface area contributed by atoms with E-state index >= 15 is 0 Å². The molecule has 1 aliphatic heterocycles. The van der Waals surface area contributed by atoms with E-state index in [4.69, 9.17) is 16.6 Å². The molecule has 0 aliphatic carbocycles. The lowest BCUT2D eigenvalue weighted by Crippen LogP contribution is -2.23. The number of aliphatic hydroxyl groups is 1. The Hall–Kier alpha value is -1.82. The molecule has 6 nitrogen and oxygen atoms in total. The number of nitrogen functional groups attached to an aromatic ring is 1. The average molecular weight is 236 g/mol. The van der Waals surface area contributed by atoms with Crippen molar-refractivity contribution in [2.45, 2.75) is 6.42 Å². The number of primary amides is 1. The number of carbonyl (C=O) groups excluding carboxylic acids is 1. The van der Waals surface area contributed by atoms with Crippen LogP contribution in [0.2, 0.25) is 0 Å². The van der Waals surface area contributed by atoms with E-state index in [-0.39, 0.29) is 12.5 Å². The van der Waals surface area contributed by atoms with Gasteiger partial charge in [-0.1, -0.05) is 0 Å². The highest BCUT2D eigenvalue weighted by Gasteiger charge is 2.23. The quantitative estimate of drug-likeness (QED) is 0.661. The van der Waals surface area contributed by atoms with E-state index < -0.39 is 5.91 Å². The first-order valence-corrected chi connectivity index (χ1v) is 5.53. The number of nitrogens with zero attached hydrogens (tertiary/aromatic N) is 2. The maximum absolute atomic E-state index is 11.2. The van der Waals surface area contributed by atoms with Crippen LogP contribution in [-0.4, -0.2) is 35.7 Å². The van der Waals surface area contributed by atoms with Gasteiger partial charge in [-0.2, -0.15) is 0 Å². The Balaban J connectivity index is 2.22. The number of carbonyl (C=O) groups is 1. The second-order valence-electron chi connectivity index (χ2n) is 4.28. The number of nitrogens with two attached hydrogens (primary N) is 2. The summed E-state index contributed by atoms with van der Waals surface area (Å²) in [7, 11) is 0. The number of hydrogen-bond donors (Lipinski definition) is 3. The van der Waals surface area contributed by atoms with Gasteiger partial charge < -0.3 is 21.5 Å². The first kappa shape index (κ1) is 11.7. The Bertz CT molecular complexity index is 435. The molecule has 1 atom stereocenters. The van der Waals surface area contributed by atoms with Crippen LogP contribution in [0.15, 0.2) is 12.3 Å². The molecule has 1 saturated heterocycles. The minimum atomic E-state index is -0.552. The molecule has 1 aliphatic rings. The van der Waals surface area contributed by atoms with Gasteiger partial charge in [0, 0.05) is 25.6 Å². The summed E-state index contributed by atoms with van der Waals surface area (Å²) in [6, 6.07) is 1.61. The number of rotatable bonds is 3. The standard InChI is InChI=1S/C11H16N4O2/c12-9-4-14-10(3-8(9)11(13)17)15-2-1-7(5-15)6-16/h3-4,7,16H,1-2,5-6,12H2,(H2,13,17). The fraction of sp³-hybridized carbons (Fsp3) is 0.455. The van der Waals surface area contributed by atoms with E-state index in [2.05, 4.69) is 4.98 Å². The molecule has 0 radical (unpaired) electrons. The lowest BCUT2D eigenvalue weighted by Gasteiger charge is -2.18. The van der Waals surface area contributed by atoms with Gasteiger partial charge in [0.25, 0.3) is 5.91 Å². The van der Waals surface area contributed by atoms with Crippen LogP contribution in [0.3, 0.4) is 0 Å². The van der Waals surface area contributed by atoms with E-state index in [1.807, 2.05) is 4.90 Å². The number of anilines is 2. The molecule has 92 valence electrons. The largest absolute Gasteiger partial charge is 0.397 e. The molecule has 2 rings (SSSR count). The van der Waals surface area contributed by atoms with E-state index in [0.717, 1.165) is 19.5 Å². The van der Waals surface area contributed by atoms with Crippen LogP contribution in [0, 0.1) is 5.92 Å². The van der Waals surface area contributed by atoms with Crippen LogP contribution in [0.4, 0.5) is 11.5 Å². The molecule has 0 saturated carbocycles. The molecule has 17 heavy (non-hydrogen) atoms. The van der Waals surface area contributed by atoms with Crippen molar-refractivity contribution >= 4 is 17.4 Å². The van der Waals surface area contributed by atoms with Gasteiger partial charge in [-0.25, -0.2) is 4.98 Å². The lowest BCUT2D eigenvalue weighted by atomic mass is 10.1. The summed E-state index contributed by atoms with van der Waals surface area (Å²) in [5.74, 6) is 0.402. The summed E-state index contributed by atoms with van der Waals surface area (Å²) in [5.41, 5.74) is 11.4. The molecule has 0 aromatic carbocycles. The Morgan fingerprint density at radius 1 is 1.65 bits per heavy atom. The second kappa shape index (κ2) is 4.58. The van der Waals surface area contributed by atoms with Crippen molar-refractivity contribution in [3.63, 3.8) is 0 Å². The zero-order valence-corrected chi connectivity index (χ0v) is 9.47. The predicted octanol–water partition coefficient (Wildman–Crippen LogP) is -0.419. The summed E-state index contributed by atoms with van der Waals surface area (Å²) < 4.78 is 0. The van der Waals surface area contributed by atoms with Gasteiger partial charge in [0.2, 0.25) is 0 Å². The van der Waals surface area contributed by atoms with Crippen molar-refractivity contribution in [1.82, 2.24) is 4.98 Å². The van der Waals surface area contributed by atoms with Gasteiger partial charge in [-0.3, -0.25) is 4.79 Å². The topological polar surface area (TPSA) is 105 Å². The molecule has 1 aromatic rings. The summed E-state index contributed by atoms with van der Waals surface area (Å²) in [6.45, 7) is 1.74. The SMILES string of the molecule is NC(=O)c1cc(N2CCC(CO)C2)ncc1N. The first-order valence-electron chi connectivity index (χ1n) is 5.53. The van der Waals surface area contributed by atoms with Crippen LogP contribution in [0.25, 0.3) is 0 Å². The van der Waals surface area contributed by atoms with Crippen molar-refractivity contribution in [3.8, 4) is 0 Å². The van der Waals surface area contributed by atoms with Crippen LogP contribution in [-0.2, 0) is 0 Å². The zero-order valence-electron chi connectivity index (χ0n) is 9.47. The monoisotopic (exact) mass is 236 g/mol. The Kier molecular flexibility index (Phi) is 3.14. The molecule has 0 bridgehead atoms.